The largest absolute Gasteiger partial charge is 0.480 e. The van der Waals surface area contributed by atoms with E-state index in [1.807, 2.05) is 20.8 Å². The molecule has 0 aliphatic carbocycles. The number of carbonyl (C=O) groups excluding carboxylic acids is 1. The van der Waals surface area contributed by atoms with Crippen molar-refractivity contribution in [3.05, 3.63) is 18.0 Å². The zero-order valence-corrected chi connectivity index (χ0v) is 11.3. The molecule has 1 aromatic heterocycles. The van der Waals surface area contributed by atoms with Crippen molar-refractivity contribution in [2.24, 2.45) is 0 Å². The van der Waals surface area contributed by atoms with E-state index in [4.69, 9.17) is 5.11 Å². The number of hydrogen-bond acceptors (Lipinski definition) is 3. The Hall–Kier alpha value is -1.85. The molecule has 0 atom stereocenters. The van der Waals surface area contributed by atoms with Crippen molar-refractivity contribution < 1.29 is 14.7 Å². The maximum Gasteiger partial charge on any atom is 0.328 e. The lowest BCUT2D eigenvalue weighted by atomic mass is 10.1. The molecule has 6 heteroatoms. The Morgan fingerprint density at radius 2 is 1.83 bits per heavy atom. The minimum atomic E-state index is -1.30. The normalized spacial score (nSPS) is 12.3. The molecular formula is C12H19N3O3. The standard InChI is InChI=1S/C12H19N3O3/c1-11(2,3)15-7-8(6-13-15)9(16)14-12(4,5)10(17)18/h6-7H,1-5H3,(H,14,16)(H,17,18). The highest BCUT2D eigenvalue weighted by Gasteiger charge is 2.30. The topological polar surface area (TPSA) is 84.2 Å². The van der Waals surface area contributed by atoms with E-state index < -0.39 is 17.4 Å². The number of nitrogens with zero attached hydrogens (tertiary/aromatic N) is 2. The number of amides is 1. The van der Waals surface area contributed by atoms with E-state index in [-0.39, 0.29) is 5.54 Å². The average molecular weight is 253 g/mol. The Bertz CT molecular complexity index is 469. The van der Waals surface area contributed by atoms with Crippen molar-refractivity contribution in [3.63, 3.8) is 0 Å². The van der Waals surface area contributed by atoms with Gasteiger partial charge in [-0.2, -0.15) is 5.10 Å². The highest BCUT2D eigenvalue weighted by Crippen LogP contribution is 2.13. The third-order valence-electron chi connectivity index (χ3n) is 2.49. The molecule has 0 aliphatic rings. The lowest BCUT2D eigenvalue weighted by molar-refractivity contribution is -0.143. The first-order chi connectivity index (χ1) is 8.04. The molecule has 18 heavy (non-hydrogen) atoms. The molecule has 2 N–H and O–H groups in total. The van der Waals surface area contributed by atoms with Crippen LogP contribution < -0.4 is 5.32 Å². The molecule has 0 saturated heterocycles. The summed E-state index contributed by atoms with van der Waals surface area (Å²) in [5.74, 6) is -1.53. The van der Waals surface area contributed by atoms with Crippen LogP contribution in [0.2, 0.25) is 0 Å². The minimum absolute atomic E-state index is 0.221. The summed E-state index contributed by atoms with van der Waals surface area (Å²) >= 11 is 0. The Morgan fingerprint density at radius 1 is 1.28 bits per heavy atom. The smallest absolute Gasteiger partial charge is 0.328 e. The fourth-order valence-corrected chi connectivity index (χ4v) is 1.22. The zero-order chi connectivity index (χ0) is 14.1. The predicted octanol–water partition coefficient (Wildman–Crippen LogP) is 1.23. The van der Waals surface area contributed by atoms with Gasteiger partial charge in [0.1, 0.15) is 5.54 Å². The molecule has 0 bridgehead atoms. The van der Waals surface area contributed by atoms with E-state index in [0.717, 1.165) is 0 Å². The molecule has 6 nitrogen and oxygen atoms in total. The number of carboxylic acid groups (broad SMARTS) is 1. The molecule has 1 amide bonds. The van der Waals surface area contributed by atoms with Crippen LogP contribution in [0, 0.1) is 0 Å². The van der Waals surface area contributed by atoms with Gasteiger partial charge in [0.2, 0.25) is 0 Å². The van der Waals surface area contributed by atoms with Gasteiger partial charge in [-0.05, 0) is 34.6 Å². The number of nitrogens with one attached hydrogen (secondary N) is 1. The van der Waals surface area contributed by atoms with Crippen LogP contribution in [-0.2, 0) is 10.3 Å². The van der Waals surface area contributed by atoms with Crippen LogP contribution in [0.4, 0.5) is 0 Å². The van der Waals surface area contributed by atoms with Crippen molar-refractivity contribution in [2.75, 3.05) is 0 Å². The molecule has 1 rings (SSSR count). The van der Waals surface area contributed by atoms with E-state index in [0.29, 0.717) is 5.56 Å². The number of carboxylic acids is 1. The number of carbonyl (C=O) groups is 2. The minimum Gasteiger partial charge on any atom is -0.480 e. The van der Waals surface area contributed by atoms with E-state index in [1.165, 1.54) is 20.0 Å². The fourth-order valence-electron chi connectivity index (χ4n) is 1.22. The molecule has 0 aliphatic heterocycles. The van der Waals surface area contributed by atoms with Gasteiger partial charge in [0.15, 0.2) is 0 Å². The highest BCUT2D eigenvalue weighted by molar-refractivity contribution is 5.97. The van der Waals surface area contributed by atoms with Crippen LogP contribution in [0.25, 0.3) is 0 Å². The summed E-state index contributed by atoms with van der Waals surface area (Å²) in [6, 6.07) is 0. The van der Waals surface area contributed by atoms with Crippen LogP contribution in [-0.4, -0.2) is 32.3 Å². The summed E-state index contributed by atoms with van der Waals surface area (Å²) in [4.78, 5) is 22.8. The number of rotatable bonds is 3. The summed E-state index contributed by atoms with van der Waals surface area (Å²) in [5.41, 5.74) is -1.18. The van der Waals surface area contributed by atoms with Crippen molar-refractivity contribution in [2.45, 2.75) is 45.7 Å². The second-order valence-corrected chi connectivity index (χ2v) is 5.73. The highest BCUT2D eigenvalue weighted by atomic mass is 16.4. The van der Waals surface area contributed by atoms with Crippen LogP contribution >= 0.6 is 0 Å². The van der Waals surface area contributed by atoms with Gasteiger partial charge in [0.25, 0.3) is 5.91 Å². The lowest BCUT2D eigenvalue weighted by Gasteiger charge is -2.20. The Labute approximate surface area is 106 Å². The molecule has 0 spiro atoms. The van der Waals surface area contributed by atoms with E-state index >= 15 is 0 Å². The number of aromatic nitrogens is 2. The summed E-state index contributed by atoms with van der Waals surface area (Å²) in [6.07, 6.45) is 3.03. The quantitative estimate of drug-likeness (QED) is 0.848. The first kappa shape index (κ1) is 14.2. The monoisotopic (exact) mass is 253 g/mol. The Balaban J connectivity index is 2.87. The first-order valence-electron chi connectivity index (χ1n) is 5.65. The predicted molar refractivity (Wildman–Crippen MR) is 66.4 cm³/mol. The molecule has 0 aromatic carbocycles. The summed E-state index contributed by atoms with van der Waals surface area (Å²) < 4.78 is 1.66. The Kier molecular flexibility index (Phi) is 3.50. The molecular weight excluding hydrogens is 234 g/mol. The van der Waals surface area contributed by atoms with E-state index in [2.05, 4.69) is 10.4 Å². The number of aliphatic carboxylic acids is 1. The second-order valence-electron chi connectivity index (χ2n) is 5.73. The summed E-state index contributed by atoms with van der Waals surface area (Å²) in [7, 11) is 0. The Morgan fingerprint density at radius 3 is 2.22 bits per heavy atom. The van der Waals surface area contributed by atoms with Gasteiger partial charge < -0.3 is 10.4 Å². The lowest BCUT2D eigenvalue weighted by Crippen LogP contribution is -2.49. The third kappa shape index (κ3) is 3.09. The van der Waals surface area contributed by atoms with Crippen molar-refractivity contribution in [1.82, 2.24) is 15.1 Å². The van der Waals surface area contributed by atoms with Gasteiger partial charge in [0, 0.05) is 6.20 Å². The van der Waals surface area contributed by atoms with Crippen LogP contribution in [0.15, 0.2) is 12.4 Å². The maximum absolute atomic E-state index is 11.9. The van der Waals surface area contributed by atoms with E-state index in [1.54, 1.807) is 10.9 Å². The van der Waals surface area contributed by atoms with Gasteiger partial charge in [-0.1, -0.05) is 0 Å². The third-order valence-corrected chi connectivity index (χ3v) is 2.49. The van der Waals surface area contributed by atoms with Gasteiger partial charge in [-0.15, -0.1) is 0 Å². The van der Waals surface area contributed by atoms with Crippen LogP contribution in [0.3, 0.4) is 0 Å². The zero-order valence-electron chi connectivity index (χ0n) is 11.3. The number of hydrogen-bond donors (Lipinski definition) is 2. The van der Waals surface area contributed by atoms with Crippen LogP contribution in [0.1, 0.15) is 45.0 Å². The van der Waals surface area contributed by atoms with Crippen molar-refractivity contribution >= 4 is 11.9 Å². The molecule has 0 saturated carbocycles. The van der Waals surface area contributed by atoms with Gasteiger partial charge in [-0.3, -0.25) is 9.48 Å². The van der Waals surface area contributed by atoms with Gasteiger partial charge >= 0.3 is 5.97 Å². The summed E-state index contributed by atoms with van der Waals surface area (Å²) in [5, 5.41) is 15.5. The molecule has 0 fully saturated rings. The molecule has 1 heterocycles. The maximum atomic E-state index is 11.9. The van der Waals surface area contributed by atoms with Crippen LogP contribution in [0.5, 0.6) is 0 Å². The van der Waals surface area contributed by atoms with Crippen molar-refractivity contribution in [1.29, 1.82) is 0 Å². The van der Waals surface area contributed by atoms with E-state index in [9.17, 15) is 9.59 Å². The molecule has 100 valence electrons. The molecule has 1 aromatic rings. The molecule has 0 radical (unpaired) electrons. The second kappa shape index (κ2) is 4.44. The van der Waals surface area contributed by atoms with Gasteiger partial charge in [-0.25, -0.2) is 4.79 Å². The fraction of sp³-hybridized carbons (Fsp3) is 0.583. The average Bonchev–Trinajstić information content (AvgIpc) is 2.64. The first-order valence-corrected chi connectivity index (χ1v) is 5.65. The summed E-state index contributed by atoms with van der Waals surface area (Å²) in [6.45, 7) is 8.75. The van der Waals surface area contributed by atoms with Gasteiger partial charge in [0.05, 0.1) is 17.3 Å². The molecule has 0 unspecified atom stereocenters. The SMILES string of the molecule is CC(C)(NC(=O)c1cnn(C(C)(C)C)c1)C(=O)O. The van der Waals surface area contributed by atoms with Crippen molar-refractivity contribution in [3.8, 4) is 0 Å².